The number of piperazine rings is 1. The van der Waals surface area contributed by atoms with Crippen LogP contribution in [0.2, 0.25) is 0 Å². The monoisotopic (exact) mass is 477 g/mol. The van der Waals surface area contributed by atoms with Crippen LogP contribution < -0.4 is 10.6 Å². The smallest absolute Gasteiger partial charge is 0.354 e. The molecule has 10 heteroatoms. The number of rotatable bonds is 5. The Morgan fingerprint density at radius 1 is 1.16 bits per heavy atom. The molecule has 1 unspecified atom stereocenters. The first-order valence-electron chi connectivity index (χ1n) is 8.37. The summed E-state index contributed by atoms with van der Waals surface area (Å²) in [6.45, 7) is 3.94. The number of carbonyl (C=O) groups is 1. The van der Waals surface area contributed by atoms with Gasteiger partial charge in [0.05, 0.1) is 0 Å². The van der Waals surface area contributed by atoms with Crippen molar-refractivity contribution in [3.05, 3.63) is 0 Å². The van der Waals surface area contributed by atoms with Gasteiger partial charge in [0.25, 0.3) is 0 Å². The molecule has 0 aromatic rings. The van der Waals surface area contributed by atoms with Crippen LogP contribution in [0, 0.1) is 5.92 Å². The summed E-state index contributed by atoms with van der Waals surface area (Å²) in [6.07, 6.45) is -2.25. The van der Waals surface area contributed by atoms with Gasteiger partial charge in [-0.05, 0) is 19.8 Å². The van der Waals surface area contributed by atoms with Crippen LogP contribution in [-0.2, 0) is 4.79 Å². The van der Waals surface area contributed by atoms with Crippen molar-refractivity contribution in [3.8, 4) is 0 Å². The zero-order chi connectivity index (χ0) is 17.7. The molecule has 1 aliphatic heterocycles. The summed E-state index contributed by atoms with van der Waals surface area (Å²) in [5.74, 6) is 0.949. The van der Waals surface area contributed by atoms with Crippen molar-refractivity contribution < 1.29 is 18.0 Å². The maximum absolute atomic E-state index is 12.8. The molecule has 0 aromatic heterocycles. The first-order valence-corrected chi connectivity index (χ1v) is 8.37. The Morgan fingerprint density at radius 2 is 1.72 bits per heavy atom. The molecule has 2 N–H and O–H groups in total. The molecule has 146 valence electrons. The van der Waals surface area contributed by atoms with Crippen molar-refractivity contribution in [2.24, 2.45) is 10.9 Å². The van der Waals surface area contributed by atoms with Gasteiger partial charge in [0.2, 0.25) is 5.91 Å². The number of hydrogen-bond acceptors (Lipinski definition) is 3. The second-order valence-electron chi connectivity index (χ2n) is 6.28. The first-order chi connectivity index (χ1) is 11.3. The quantitative estimate of drug-likeness (QED) is 0.271. The van der Waals surface area contributed by atoms with Crippen LogP contribution in [0.3, 0.4) is 0 Å². The number of aliphatic imine (C=N–C) groups is 1. The second-order valence-corrected chi connectivity index (χ2v) is 6.28. The lowest BCUT2D eigenvalue weighted by molar-refractivity contribution is -0.181. The SMILES string of the molecule is CN=C(NCCNC(=O)C1CC1)N1CCN(C(C)C(F)(F)F)CC1.I. The molecule has 1 saturated heterocycles. The van der Waals surface area contributed by atoms with Gasteiger partial charge in [0.15, 0.2) is 5.96 Å². The molecule has 0 bridgehead atoms. The molecular formula is C15H27F3IN5O. The fraction of sp³-hybridized carbons (Fsp3) is 0.867. The van der Waals surface area contributed by atoms with Gasteiger partial charge in [-0.15, -0.1) is 24.0 Å². The van der Waals surface area contributed by atoms with Crippen molar-refractivity contribution in [1.82, 2.24) is 20.4 Å². The molecule has 2 fully saturated rings. The zero-order valence-electron chi connectivity index (χ0n) is 14.6. The van der Waals surface area contributed by atoms with Gasteiger partial charge in [0, 0.05) is 52.2 Å². The molecule has 0 spiro atoms. The van der Waals surface area contributed by atoms with Crippen LogP contribution >= 0.6 is 24.0 Å². The van der Waals surface area contributed by atoms with Gasteiger partial charge in [-0.25, -0.2) is 0 Å². The van der Waals surface area contributed by atoms with Crippen molar-refractivity contribution in [3.63, 3.8) is 0 Å². The van der Waals surface area contributed by atoms with Crippen molar-refractivity contribution in [2.45, 2.75) is 32.0 Å². The van der Waals surface area contributed by atoms with Crippen LogP contribution in [0.1, 0.15) is 19.8 Å². The van der Waals surface area contributed by atoms with Gasteiger partial charge < -0.3 is 15.5 Å². The maximum atomic E-state index is 12.8. The van der Waals surface area contributed by atoms with Crippen LogP contribution in [0.15, 0.2) is 4.99 Å². The molecule has 2 aliphatic rings. The lowest BCUT2D eigenvalue weighted by Gasteiger charge is -2.39. The number of hydrogen-bond donors (Lipinski definition) is 2. The van der Waals surface area contributed by atoms with E-state index in [2.05, 4.69) is 15.6 Å². The highest BCUT2D eigenvalue weighted by atomic mass is 127. The van der Waals surface area contributed by atoms with Gasteiger partial charge in [-0.1, -0.05) is 0 Å². The summed E-state index contributed by atoms with van der Waals surface area (Å²) in [5.41, 5.74) is 0. The van der Waals surface area contributed by atoms with E-state index < -0.39 is 12.2 Å². The van der Waals surface area contributed by atoms with Crippen LogP contribution in [0.25, 0.3) is 0 Å². The van der Waals surface area contributed by atoms with Crippen molar-refractivity contribution in [2.75, 3.05) is 46.3 Å². The van der Waals surface area contributed by atoms with E-state index in [1.165, 1.54) is 11.8 Å². The average Bonchev–Trinajstić information content (AvgIpc) is 3.38. The highest BCUT2D eigenvalue weighted by molar-refractivity contribution is 14.0. The van der Waals surface area contributed by atoms with Gasteiger partial charge in [-0.3, -0.25) is 14.7 Å². The van der Waals surface area contributed by atoms with Crippen LogP contribution in [0.4, 0.5) is 13.2 Å². The van der Waals surface area contributed by atoms with Gasteiger partial charge in [0.1, 0.15) is 6.04 Å². The molecule has 1 amide bonds. The third-order valence-corrected chi connectivity index (χ3v) is 4.50. The normalized spacial score (nSPS) is 20.7. The Labute approximate surface area is 163 Å². The topological polar surface area (TPSA) is 60.0 Å². The number of nitrogens with one attached hydrogen (secondary N) is 2. The summed E-state index contributed by atoms with van der Waals surface area (Å²) >= 11 is 0. The summed E-state index contributed by atoms with van der Waals surface area (Å²) in [4.78, 5) is 19.1. The van der Waals surface area contributed by atoms with E-state index >= 15 is 0 Å². The predicted octanol–water partition coefficient (Wildman–Crippen LogP) is 1.27. The van der Waals surface area contributed by atoms with E-state index in [4.69, 9.17) is 0 Å². The number of nitrogens with zero attached hydrogens (tertiary/aromatic N) is 3. The Balaban J connectivity index is 0.00000312. The summed E-state index contributed by atoms with van der Waals surface area (Å²) < 4.78 is 38.3. The Kier molecular flexibility index (Phi) is 8.72. The van der Waals surface area contributed by atoms with E-state index in [1.807, 2.05) is 4.90 Å². The lowest BCUT2D eigenvalue weighted by atomic mass is 10.2. The van der Waals surface area contributed by atoms with Gasteiger partial charge in [-0.2, -0.15) is 13.2 Å². The Morgan fingerprint density at radius 3 is 2.20 bits per heavy atom. The first kappa shape index (κ1) is 22.3. The standard InChI is InChI=1S/C15H26F3N5O.HI/c1-11(15(16,17)18)22-7-9-23(10-8-22)14(19-2)21-6-5-20-13(24)12-3-4-12;/h11-12H,3-10H2,1-2H3,(H,19,21)(H,20,24);1H. The Hall–Kier alpha value is -0.780. The van der Waals surface area contributed by atoms with E-state index in [-0.39, 0.29) is 35.8 Å². The number of halogens is 4. The van der Waals surface area contributed by atoms with E-state index in [9.17, 15) is 18.0 Å². The van der Waals surface area contributed by atoms with E-state index in [0.29, 0.717) is 45.2 Å². The average molecular weight is 477 g/mol. The zero-order valence-corrected chi connectivity index (χ0v) is 16.9. The fourth-order valence-electron chi connectivity index (χ4n) is 2.71. The largest absolute Gasteiger partial charge is 0.403 e. The highest BCUT2D eigenvalue weighted by Crippen LogP contribution is 2.28. The molecule has 1 aliphatic carbocycles. The number of guanidine groups is 1. The second kappa shape index (κ2) is 9.79. The maximum Gasteiger partial charge on any atom is 0.403 e. The van der Waals surface area contributed by atoms with Crippen LogP contribution in [0.5, 0.6) is 0 Å². The lowest BCUT2D eigenvalue weighted by Crippen LogP contribution is -2.57. The minimum atomic E-state index is -4.19. The minimum Gasteiger partial charge on any atom is -0.354 e. The van der Waals surface area contributed by atoms with E-state index in [0.717, 1.165) is 12.8 Å². The van der Waals surface area contributed by atoms with Gasteiger partial charge >= 0.3 is 6.18 Å². The van der Waals surface area contributed by atoms with E-state index in [1.54, 1.807) is 7.05 Å². The highest BCUT2D eigenvalue weighted by Gasteiger charge is 2.41. The minimum absolute atomic E-state index is 0. The molecule has 0 aromatic carbocycles. The van der Waals surface area contributed by atoms with Crippen molar-refractivity contribution >= 4 is 35.8 Å². The third-order valence-electron chi connectivity index (χ3n) is 4.50. The molecule has 1 atom stereocenters. The molecule has 0 radical (unpaired) electrons. The molecule has 25 heavy (non-hydrogen) atoms. The molecule has 6 nitrogen and oxygen atoms in total. The predicted molar refractivity (Wildman–Crippen MR) is 101 cm³/mol. The number of amides is 1. The number of carbonyl (C=O) groups excluding carboxylic acids is 1. The Bertz CT molecular complexity index is 463. The molecule has 2 rings (SSSR count). The number of alkyl halides is 3. The summed E-state index contributed by atoms with van der Waals surface area (Å²) in [7, 11) is 1.65. The molecule has 1 saturated carbocycles. The third kappa shape index (κ3) is 6.80. The molecular weight excluding hydrogens is 450 g/mol. The summed E-state index contributed by atoms with van der Waals surface area (Å²) in [5, 5.41) is 6.01. The summed E-state index contributed by atoms with van der Waals surface area (Å²) in [6, 6.07) is -1.42. The van der Waals surface area contributed by atoms with Crippen molar-refractivity contribution in [1.29, 1.82) is 0 Å². The fourth-order valence-corrected chi connectivity index (χ4v) is 2.71. The van der Waals surface area contributed by atoms with Crippen LogP contribution in [-0.4, -0.2) is 80.2 Å². The molecule has 1 heterocycles.